The van der Waals surface area contributed by atoms with Gasteiger partial charge in [-0.3, -0.25) is 24.8 Å². The predicted molar refractivity (Wildman–Crippen MR) is 169 cm³/mol. The first-order valence-electron chi connectivity index (χ1n) is 15.9. The Morgan fingerprint density at radius 1 is 1.24 bits per heavy atom. The number of rotatable bonds is 7. The molecule has 2 aliphatic heterocycles. The number of hydrogen-bond donors (Lipinski definition) is 4. The van der Waals surface area contributed by atoms with Crippen LogP contribution in [0.2, 0.25) is 5.02 Å². The van der Waals surface area contributed by atoms with E-state index in [1.54, 1.807) is 30.1 Å². The predicted octanol–water partition coefficient (Wildman–Crippen LogP) is 3.53. The number of nitrogens with one attached hydrogen (secondary N) is 1. The monoisotopic (exact) mass is 663 g/mol. The van der Waals surface area contributed by atoms with Crippen molar-refractivity contribution in [1.82, 2.24) is 10.2 Å². The highest BCUT2D eigenvalue weighted by Gasteiger charge is 2.71. The normalized spacial score (nSPS) is 37.3. The Morgan fingerprint density at radius 3 is 2.54 bits per heavy atom. The van der Waals surface area contributed by atoms with E-state index in [4.69, 9.17) is 25.9 Å². The molecule has 1 saturated carbocycles. The lowest BCUT2D eigenvalue weighted by Crippen LogP contribution is -2.67. The van der Waals surface area contributed by atoms with Gasteiger partial charge in [-0.1, -0.05) is 43.7 Å². The van der Waals surface area contributed by atoms with Gasteiger partial charge in [0.15, 0.2) is 6.23 Å². The Balaban J connectivity index is 1.71. The fraction of sp³-hybridized carbons (Fsp3) is 0.667. The van der Waals surface area contributed by atoms with Crippen LogP contribution < -0.4 is 10.4 Å². The largest absolute Gasteiger partial charge is 0.480 e. The molecule has 13 heteroatoms. The lowest BCUT2D eigenvalue weighted by Gasteiger charge is -2.60. The van der Waals surface area contributed by atoms with Crippen molar-refractivity contribution in [2.45, 2.75) is 77.0 Å². The molecule has 4 N–H and O–H groups in total. The lowest BCUT2D eigenvalue weighted by atomic mass is 9.49. The number of para-hydroxylation sites is 1. The number of hydroxylamine groups is 1. The molecule has 46 heavy (non-hydrogen) atoms. The number of halogens is 1. The molecule has 1 saturated heterocycles. The third-order valence-electron chi connectivity index (χ3n) is 11.1. The number of aliphatic hydroxyl groups is 2. The van der Waals surface area contributed by atoms with Gasteiger partial charge in [-0.25, -0.2) is 4.79 Å². The molecule has 0 bridgehead atoms. The average molecular weight is 664 g/mol. The van der Waals surface area contributed by atoms with Gasteiger partial charge in [-0.05, 0) is 56.1 Å². The Bertz CT molecular complexity index is 1410. The van der Waals surface area contributed by atoms with E-state index in [9.17, 15) is 29.7 Å². The van der Waals surface area contributed by atoms with Gasteiger partial charge < -0.3 is 29.7 Å². The highest BCUT2D eigenvalue weighted by Crippen LogP contribution is 2.61. The first kappa shape index (κ1) is 34.4. The molecule has 254 valence electrons. The molecular weight excluding hydrogens is 618 g/mol. The summed E-state index contributed by atoms with van der Waals surface area (Å²) in [4.78, 5) is 45.9. The molecule has 5 rings (SSSR count). The number of benzene rings is 1. The Hall–Kier alpha value is -2.90. The van der Waals surface area contributed by atoms with Crippen LogP contribution >= 0.6 is 11.6 Å². The number of aliphatic carboxylic acids is 1. The zero-order chi connectivity index (χ0) is 33.9. The molecule has 2 aliphatic carbocycles. The van der Waals surface area contributed by atoms with Gasteiger partial charge in [0.05, 0.1) is 23.4 Å². The quantitative estimate of drug-likeness (QED) is 0.250. The van der Waals surface area contributed by atoms with E-state index in [0.29, 0.717) is 41.4 Å². The van der Waals surface area contributed by atoms with Crippen molar-refractivity contribution >= 4 is 35.3 Å². The van der Waals surface area contributed by atoms with Gasteiger partial charge in [-0.15, -0.1) is 0 Å². The van der Waals surface area contributed by atoms with Crippen LogP contribution in [0.15, 0.2) is 29.8 Å². The number of hydrogen-bond acceptors (Lipinski definition) is 10. The third-order valence-corrected chi connectivity index (χ3v) is 11.4. The van der Waals surface area contributed by atoms with Crippen molar-refractivity contribution in [3.63, 3.8) is 0 Å². The number of carboxylic acids is 1. The molecule has 12 nitrogen and oxygen atoms in total. The molecule has 1 aromatic rings. The van der Waals surface area contributed by atoms with E-state index in [1.165, 1.54) is 19.1 Å². The van der Waals surface area contributed by atoms with Crippen molar-refractivity contribution in [1.29, 1.82) is 0 Å². The van der Waals surface area contributed by atoms with Crippen LogP contribution in [-0.4, -0.2) is 89.5 Å². The standard InChI is InChI=1S/C33H46ClN3O9/c1-8-37(31(41)44-7)15-17(3)20-13-12-18(4)32(42)22(20)14-16(2)28(45-19(5)38)25(32)24-26(29(39)40)35-30-33(24,43)21-10-9-11-23(34)27(21)36(6)46-30/h9-11,14,17-18,20,22,24-26,28,30,35,42-43H,8,12-13,15H2,1-7H3,(H,39,40)/t17?,18-,20+,22-,24+,25?,26+,28?,30-,32-,33+/m1/s1. The summed E-state index contributed by atoms with van der Waals surface area (Å²) in [7, 11) is 2.96. The summed E-state index contributed by atoms with van der Waals surface area (Å²) in [6.45, 7) is 9.74. The summed E-state index contributed by atoms with van der Waals surface area (Å²) in [6, 6.07) is 3.61. The number of carbonyl (C=O) groups is 3. The van der Waals surface area contributed by atoms with E-state index < -0.39 is 65.4 Å². The van der Waals surface area contributed by atoms with Gasteiger partial charge in [0.2, 0.25) is 0 Å². The summed E-state index contributed by atoms with van der Waals surface area (Å²) >= 11 is 6.61. The van der Waals surface area contributed by atoms with E-state index in [-0.39, 0.29) is 17.8 Å². The van der Waals surface area contributed by atoms with Crippen molar-refractivity contribution in [2.24, 2.45) is 35.5 Å². The van der Waals surface area contributed by atoms with Gasteiger partial charge >= 0.3 is 18.0 Å². The second-order valence-corrected chi connectivity index (χ2v) is 13.9. The molecule has 0 radical (unpaired) electrons. The summed E-state index contributed by atoms with van der Waals surface area (Å²) in [5, 5.41) is 41.5. The van der Waals surface area contributed by atoms with Gasteiger partial charge in [0, 0.05) is 50.4 Å². The molecule has 4 aliphatic rings. The van der Waals surface area contributed by atoms with Crippen LogP contribution in [0.3, 0.4) is 0 Å². The first-order valence-corrected chi connectivity index (χ1v) is 16.3. The fourth-order valence-electron chi connectivity index (χ4n) is 8.97. The van der Waals surface area contributed by atoms with Gasteiger partial charge in [-0.2, -0.15) is 0 Å². The molecule has 0 spiro atoms. The second-order valence-electron chi connectivity index (χ2n) is 13.5. The fourth-order valence-corrected chi connectivity index (χ4v) is 9.26. The van der Waals surface area contributed by atoms with Crippen LogP contribution in [0.1, 0.15) is 53.0 Å². The summed E-state index contributed by atoms with van der Waals surface area (Å²) in [6.07, 6.45) is 0.581. The number of amides is 1. The van der Waals surface area contributed by atoms with Crippen molar-refractivity contribution < 1.29 is 44.0 Å². The number of fused-ring (bicyclic) bond motifs is 4. The summed E-state index contributed by atoms with van der Waals surface area (Å²) in [5.74, 6) is -5.27. The molecule has 1 amide bonds. The lowest BCUT2D eigenvalue weighted by molar-refractivity contribution is -0.227. The van der Waals surface area contributed by atoms with Crippen LogP contribution in [0, 0.1) is 35.5 Å². The van der Waals surface area contributed by atoms with Crippen molar-refractivity contribution in [3.05, 3.63) is 40.4 Å². The van der Waals surface area contributed by atoms with Crippen molar-refractivity contribution in [2.75, 3.05) is 32.3 Å². The van der Waals surface area contributed by atoms with Crippen LogP contribution in [0.5, 0.6) is 0 Å². The number of nitrogens with zero attached hydrogens (tertiary/aromatic N) is 2. The van der Waals surface area contributed by atoms with Gasteiger partial charge in [0.25, 0.3) is 0 Å². The Kier molecular flexibility index (Phi) is 9.44. The molecule has 11 atom stereocenters. The minimum absolute atomic E-state index is 0.0861. The summed E-state index contributed by atoms with van der Waals surface area (Å²) < 4.78 is 10.9. The zero-order valence-corrected chi connectivity index (χ0v) is 28.2. The number of carbonyl (C=O) groups excluding carboxylic acids is 2. The van der Waals surface area contributed by atoms with E-state index >= 15 is 0 Å². The molecule has 1 aromatic carbocycles. The molecule has 2 heterocycles. The van der Waals surface area contributed by atoms with Crippen LogP contribution in [-0.2, 0) is 29.5 Å². The molecular formula is C33H46ClN3O9. The molecule has 3 unspecified atom stereocenters. The number of methoxy groups -OCH3 is 1. The number of ether oxygens (including phenoxy) is 2. The maximum absolute atomic E-state index is 13.3. The topological polar surface area (TPSA) is 158 Å². The maximum atomic E-state index is 13.3. The molecule has 0 aromatic heterocycles. The minimum Gasteiger partial charge on any atom is -0.480 e. The van der Waals surface area contributed by atoms with Gasteiger partial charge in [0.1, 0.15) is 17.7 Å². The number of anilines is 1. The SMILES string of the molecule is CCN(CC(C)[C@@H]1CC[C@@H](C)[C@]2(O)C([C@H]3[C@@H](C(=O)O)N[C@@H]4ON(C)c5c(Cl)cccc5[C@@]43O)C(OC(C)=O)C(C)=C[C@H]12)C(=O)OC. The molecule has 2 fully saturated rings. The zero-order valence-electron chi connectivity index (χ0n) is 27.4. The second kappa shape index (κ2) is 12.6. The van der Waals surface area contributed by atoms with Crippen LogP contribution in [0.4, 0.5) is 10.5 Å². The smallest absolute Gasteiger partial charge is 0.409 e. The highest BCUT2D eigenvalue weighted by molar-refractivity contribution is 6.33. The first-order chi connectivity index (χ1) is 21.6. The van der Waals surface area contributed by atoms with Crippen molar-refractivity contribution in [3.8, 4) is 0 Å². The van der Waals surface area contributed by atoms with E-state index in [2.05, 4.69) is 5.32 Å². The van der Waals surface area contributed by atoms with Crippen LogP contribution in [0.25, 0.3) is 0 Å². The Morgan fingerprint density at radius 2 is 1.93 bits per heavy atom. The summed E-state index contributed by atoms with van der Waals surface area (Å²) in [5.41, 5.74) is -2.26. The Labute approximate surface area is 274 Å². The third kappa shape index (κ3) is 5.26. The maximum Gasteiger partial charge on any atom is 0.409 e. The minimum atomic E-state index is -2.00. The van der Waals surface area contributed by atoms with E-state index in [1.807, 2.05) is 33.8 Å². The number of esters is 1. The average Bonchev–Trinajstić information content (AvgIpc) is 3.29. The van der Waals surface area contributed by atoms with E-state index in [0.717, 1.165) is 6.42 Å². The highest BCUT2D eigenvalue weighted by atomic mass is 35.5. The number of carboxylic acid groups (broad SMARTS) is 1.